The van der Waals surface area contributed by atoms with Gasteiger partial charge in [-0.05, 0) is 38.8 Å². The van der Waals surface area contributed by atoms with Gasteiger partial charge >= 0.3 is 0 Å². The highest BCUT2D eigenvalue weighted by Gasteiger charge is 2.41. The fourth-order valence-electron chi connectivity index (χ4n) is 4.13. The van der Waals surface area contributed by atoms with Crippen molar-refractivity contribution in [3.05, 3.63) is 30.0 Å². The number of fused-ring (bicyclic) bond motifs is 1. The van der Waals surface area contributed by atoms with E-state index in [2.05, 4.69) is 15.6 Å². The molecule has 0 bridgehead atoms. The highest BCUT2D eigenvalue weighted by Crippen LogP contribution is 2.38. The number of aryl methyl sites for hydroxylation is 1. The lowest BCUT2D eigenvalue weighted by molar-refractivity contribution is 0.00446. The van der Waals surface area contributed by atoms with Crippen LogP contribution in [-0.2, 0) is 4.74 Å². The zero-order valence-electron chi connectivity index (χ0n) is 18.9. The molecule has 9 nitrogen and oxygen atoms in total. The first kappa shape index (κ1) is 23.8. The van der Waals surface area contributed by atoms with Crippen LogP contribution in [0.2, 0.25) is 0 Å². The second kappa shape index (κ2) is 10.7. The number of hydrogen-bond acceptors (Lipinski definition) is 10. The Balaban J connectivity index is 1.65. The molecule has 33 heavy (non-hydrogen) atoms. The summed E-state index contributed by atoms with van der Waals surface area (Å²) >= 11 is 1.56. The second-order valence-electron chi connectivity index (χ2n) is 8.23. The van der Waals surface area contributed by atoms with Crippen molar-refractivity contribution in [1.29, 1.82) is 0 Å². The normalized spacial score (nSPS) is 22.7. The number of aliphatic hydroxyl groups excluding tert-OH is 3. The van der Waals surface area contributed by atoms with Crippen LogP contribution >= 0.6 is 11.3 Å². The molecule has 1 saturated carbocycles. The van der Waals surface area contributed by atoms with Crippen LogP contribution in [0.5, 0.6) is 0 Å². The van der Waals surface area contributed by atoms with Crippen molar-refractivity contribution in [1.82, 2.24) is 15.0 Å². The summed E-state index contributed by atoms with van der Waals surface area (Å²) in [6.07, 6.45) is -0.747. The lowest BCUT2D eigenvalue weighted by Crippen LogP contribution is -2.35. The van der Waals surface area contributed by atoms with E-state index in [1.807, 2.05) is 38.1 Å². The topological polar surface area (TPSA) is 133 Å². The molecular weight excluding hydrogens is 442 g/mol. The summed E-state index contributed by atoms with van der Waals surface area (Å²) < 4.78 is 6.45. The molecule has 2 heterocycles. The van der Waals surface area contributed by atoms with E-state index in [-0.39, 0.29) is 12.5 Å². The van der Waals surface area contributed by atoms with Gasteiger partial charge in [-0.3, -0.25) is 0 Å². The van der Waals surface area contributed by atoms with Gasteiger partial charge in [-0.1, -0.05) is 12.1 Å². The van der Waals surface area contributed by atoms with Crippen LogP contribution in [0.25, 0.3) is 20.8 Å². The van der Waals surface area contributed by atoms with Gasteiger partial charge in [0.1, 0.15) is 16.9 Å². The smallest absolute Gasteiger partial charge is 0.224 e. The zero-order chi connectivity index (χ0) is 23.4. The molecule has 4 atom stereocenters. The fourth-order valence-corrected chi connectivity index (χ4v) is 5.20. The molecule has 178 valence electrons. The molecule has 2 aromatic heterocycles. The molecule has 0 radical (unpaired) electrons. The van der Waals surface area contributed by atoms with E-state index in [1.165, 1.54) is 0 Å². The van der Waals surface area contributed by atoms with Gasteiger partial charge in [-0.25, -0.2) is 9.97 Å². The summed E-state index contributed by atoms with van der Waals surface area (Å²) in [6, 6.07) is 7.47. The summed E-state index contributed by atoms with van der Waals surface area (Å²) in [5, 5.41) is 37.7. The molecule has 1 fully saturated rings. The van der Waals surface area contributed by atoms with Crippen LogP contribution in [0.1, 0.15) is 25.5 Å². The fraction of sp³-hybridized carbons (Fsp3) is 0.522. The van der Waals surface area contributed by atoms with Crippen molar-refractivity contribution in [2.75, 3.05) is 37.0 Å². The zero-order valence-corrected chi connectivity index (χ0v) is 19.7. The molecule has 3 aromatic rings. The maximum absolute atomic E-state index is 10.5. The van der Waals surface area contributed by atoms with E-state index in [1.54, 1.807) is 11.3 Å². The first-order valence-corrected chi connectivity index (χ1v) is 12.1. The third-order valence-electron chi connectivity index (χ3n) is 5.91. The van der Waals surface area contributed by atoms with E-state index in [9.17, 15) is 15.3 Å². The Hall–Kier alpha value is -2.37. The summed E-state index contributed by atoms with van der Waals surface area (Å²) in [5.41, 5.74) is 2.42. The monoisotopic (exact) mass is 473 g/mol. The Morgan fingerprint density at radius 3 is 2.70 bits per heavy atom. The number of rotatable bonds is 10. The Bertz CT molecular complexity index is 1050. The predicted octanol–water partition coefficient (Wildman–Crippen LogP) is 2.41. The minimum absolute atomic E-state index is 0.184. The number of nitrogens with one attached hydrogen (secondary N) is 2. The number of aliphatic hydroxyl groups is 3. The number of para-hydroxylation sites is 1. The van der Waals surface area contributed by atoms with Gasteiger partial charge in [0.25, 0.3) is 0 Å². The molecule has 0 unspecified atom stereocenters. The van der Waals surface area contributed by atoms with E-state index >= 15 is 0 Å². The molecule has 0 amide bonds. The summed E-state index contributed by atoms with van der Waals surface area (Å²) in [5.74, 6) is 0.634. The Morgan fingerprint density at radius 1 is 1.15 bits per heavy atom. The van der Waals surface area contributed by atoms with Crippen LogP contribution in [0.15, 0.2) is 24.3 Å². The second-order valence-corrected chi connectivity index (χ2v) is 9.26. The molecule has 10 heteroatoms. The number of thiazole rings is 1. The predicted molar refractivity (Wildman–Crippen MR) is 130 cm³/mol. The molecular formula is C23H31N5O4S. The van der Waals surface area contributed by atoms with E-state index < -0.39 is 18.2 Å². The number of ether oxygens (including phenoxy) is 1. The average Bonchev–Trinajstić information content (AvgIpc) is 3.34. The van der Waals surface area contributed by atoms with Crippen molar-refractivity contribution < 1.29 is 20.1 Å². The van der Waals surface area contributed by atoms with Crippen LogP contribution in [0.4, 0.5) is 11.8 Å². The van der Waals surface area contributed by atoms with Gasteiger partial charge in [-0.15, -0.1) is 11.3 Å². The van der Waals surface area contributed by atoms with Gasteiger partial charge in [0.2, 0.25) is 5.95 Å². The third kappa shape index (κ3) is 5.25. The number of anilines is 2. The van der Waals surface area contributed by atoms with Crippen LogP contribution in [-0.4, -0.2) is 74.9 Å². The molecule has 0 spiro atoms. The summed E-state index contributed by atoms with van der Waals surface area (Å²) in [4.78, 5) is 14.1. The number of aromatic nitrogens is 3. The van der Waals surface area contributed by atoms with Gasteiger partial charge in [0, 0.05) is 32.3 Å². The first-order chi connectivity index (χ1) is 16.0. The number of benzene rings is 1. The maximum atomic E-state index is 10.5. The largest absolute Gasteiger partial charge is 0.396 e. The van der Waals surface area contributed by atoms with Crippen molar-refractivity contribution in [3.63, 3.8) is 0 Å². The Morgan fingerprint density at radius 2 is 1.97 bits per heavy atom. The van der Waals surface area contributed by atoms with Gasteiger partial charge < -0.3 is 30.7 Å². The SMILES string of the molecule is CCOCCCNc1nc(C)c(-c2nc3ccccc3s2)c(N[C@@H]2C[C@H](CO)[C@@H](O)[C@H]2O)n1. The van der Waals surface area contributed by atoms with E-state index in [4.69, 9.17) is 14.7 Å². The lowest BCUT2D eigenvalue weighted by Gasteiger charge is -2.21. The first-order valence-electron chi connectivity index (χ1n) is 11.3. The minimum Gasteiger partial charge on any atom is -0.396 e. The van der Waals surface area contributed by atoms with Gasteiger partial charge in [-0.2, -0.15) is 4.98 Å². The highest BCUT2D eigenvalue weighted by molar-refractivity contribution is 7.21. The molecule has 4 rings (SSSR count). The Kier molecular flexibility index (Phi) is 7.71. The van der Waals surface area contributed by atoms with E-state index in [0.717, 1.165) is 32.9 Å². The van der Waals surface area contributed by atoms with Crippen LogP contribution in [0.3, 0.4) is 0 Å². The molecule has 5 N–H and O–H groups in total. The Labute approximate surface area is 196 Å². The van der Waals surface area contributed by atoms with Crippen molar-refractivity contribution in [3.8, 4) is 10.6 Å². The lowest BCUT2D eigenvalue weighted by atomic mass is 10.1. The third-order valence-corrected chi connectivity index (χ3v) is 6.96. The van der Waals surface area contributed by atoms with Crippen LogP contribution in [0, 0.1) is 12.8 Å². The summed E-state index contributed by atoms with van der Waals surface area (Å²) in [6.45, 7) is 5.70. The molecule has 0 aliphatic heterocycles. The maximum Gasteiger partial charge on any atom is 0.224 e. The quantitative estimate of drug-likeness (QED) is 0.282. The van der Waals surface area contributed by atoms with Gasteiger partial charge in [0.15, 0.2) is 0 Å². The molecule has 0 saturated heterocycles. The highest BCUT2D eigenvalue weighted by atomic mass is 32.1. The molecule has 1 aliphatic carbocycles. The summed E-state index contributed by atoms with van der Waals surface area (Å²) in [7, 11) is 0. The van der Waals surface area contributed by atoms with Crippen molar-refractivity contribution in [2.45, 2.75) is 44.9 Å². The van der Waals surface area contributed by atoms with Crippen LogP contribution < -0.4 is 10.6 Å². The van der Waals surface area contributed by atoms with E-state index in [0.29, 0.717) is 37.9 Å². The van der Waals surface area contributed by atoms with Gasteiger partial charge in [0.05, 0.1) is 33.6 Å². The molecule has 1 aromatic carbocycles. The van der Waals surface area contributed by atoms with Crippen molar-refractivity contribution >= 4 is 33.3 Å². The standard InChI is InChI=1S/C23H31N5O4S/c1-3-32-10-6-9-24-23-25-13(2)18(22-27-15-7-4-5-8-17(15)33-22)21(28-23)26-16-11-14(12-29)19(30)20(16)31/h4-5,7-8,14,16,19-20,29-31H,3,6,9-12H2,1-2H3,(H2,24,25,26,28)/t14-,16-,19-,20+/m1/s1. The minimum atomic E-state index is -1.01. The molecule has 1 aliphatic rings. The number of hydrogen-bond donors (Lipinski definition) is 5. The average molecular weight is 474 g/mol. The van der Waals surface area contributed by atoms with Crippen molar-refractivity contribution in [2.24, 2.45) is 5.92 Å². The number of nitrogens with zero attached hydrogens (tertiary/aromatic N) is 3.